The van der Waals surface area contributed by atoms with Crippen molar-refractivity contribution in [1.29, 1.82) is 0 Å². The molecule has 30 heavy (non-hydrogen) atoms. The third kappa shape index (κ3) is 3.20. The molecule has 0 bridgehead atoms. The predicted octanol–water partition coefficient (Wildman–Crippen LogP) is 4.47. The first-order chi connectivity index (χ1) is 14.7. The quantitative estimate of drug-likeness (QED) is 0.615. The Labute approximate surface area is 174 Å². The SMILES string of the molecule is O=C1C=CC(=O)N1c1ccc(C2CC(c3ccccc3)=NN2c2ccccc2)cc1. The van der Waals surface area contributed by atoms with E-state index in [1.54, 1.807) is 0 Å². The molecule has 5 nitrogen and oxygen atoms in total. The van der Waals surface area contributed by atoms with Crippen LogP contribution in [0, 0.1) is 0 Å². The Morgan fingerprint density at radius 3 is 1.93 bits per heavy atom. The van der Waals surface area contributed by atoms with E-state index < -0.39 is 0 Å². The van der Waals surface area contributed by atoms with Crippen molar-refractivity contribution in [2.24, 2.45) is 5.10 Å². The first kappa shape index (κ1) is 18.1. The van der Waals surface area contributed by atoms with Crippen LogP contribution in [0.5, 0.6) is 0 Å². The van der Waals surface area contributed by atoms with Crippen molar-refractivity contribution < 1.29 is 9.59 Å². The van der Waals surface area contributed by atoms with E-state index in [4.69, 9.17) is 5.10 Å². The number of anilines is 2. The molecule has 2 aliphatic rings. The number of carbonyl (C=O) groups excluding carboxylic acids is 2. The van der Waals surface area contributed by atoms with E-state index in [-0.39, 0.29) is 17.9 Å². The maximum atomic E-state index is 12.0. The number of hydrazone groups is 1. The van der Waals surface area contributed by atoms with Crippen LogP contribution in [-0.2, 0) is 9.59 Å². The summed E-state index contributed by atoms with van der Waals surface area (Å²) in [6, 6.07) is 27.9. The molecule has 0 aromatic heterocycles. The number of para-hydroxylation sites is 1. The molecule has 0 N–H and O–H groups in total. The lowest BCUT2D eigenvalue weighted by atomic mass is 9.98. The lowest BCUT2D eigenvalue weighted by Gasteiger charge is -2.24. The molecule has 146 valence electrons. The largest absolute Gasteiger partial charge is 0.269 e. The third-order valence-corrected chi connectivity index (χ3v) is 5.38. The van der Waals surface area contributed by atoms with Gasteiger partial charge in [-0.3, -0.25) is 14.6 Å². The van der Waals surface area contributed by atoms with E-state index in [1.807, 2.05) is 77.8 Å². The Hall–Kier alpha value is -3.99. The number of rotatable bonds is 4. The summed E-state index contributed by atoms with van der Waals surface area (Å²) in [6.07, 6.45) is 3.36. The minimum Gasteiger partial charge on any atom is -0.269 e. The lowest BCUT2D eigenvalue weighted by molar-refractivity contribution is -0.119. The number of nitrogens with zero attached hydrogens (tertiary/aromatic N) is 3. The monoisotopic (exact) mass is 393 g/mol. The molecule has 5 heteroatoms. The molecule has 0 fully saturated rings. The van der Waals surface area contributed by atoms with Gasteiger partial charge in [-0.15, -0.1) is 0 Å². The van der Waals surface area contributed by atoms with Crippen LogP contribution in [0.25, 0.3) is 0 Å². The average molecular weight is 393 g/mol. The molecule has 3 aromatic rings. The van der Waals surface area contributed by atoms with Crippen molar-refractivity contribution in [2.45, 2.75) is 12.5 Å². The van der Waals surface area contributed by atoms with Gasteiger partial charge in [0.1, 0.15) is 0 Å². The summed E-state index contributed by atoms with van der Waals surface area (Å²) < 4.78 is 0. The molecule has 2 amide bonds. The lowest BCUT2D eigenvalue weighted by Crippen LogP contribution is -2.29. The first-order valence-electron chi connectivity index (χ1n) is 9.84. The Morgan fingerprint density at radius 1 is 0.700 bits per heavy atom. The van der Waals surface area contributed by atoms with Crippen LogP contribution in [0.2, 0.25) is 0 Å². The predicted molar refractivity (Wildman–Crippen MR) is 117 cm³/mol. The summed E-state index contributed by atoms with van der Waals surface area (Å²) in [5.74, 6) is -0.622. The summed E-state index contributed by atoms with van der Waals surface area (Å²) in [6.45, 7) is 0. The zero-order valence-electron chi connectivity index (χ0n) is 16.2. The van der Waals surface area contributed by atoms with Crippen LogP contribution in [-0.4, -0.2) is 17.5 Å². The van der Waals surface area contributed by atoms with Crippen molar-refractivity contribution in [3.8, 4) is 0 Å². The second-order valence-electron chi connectivity index (χ2n) is 7.25. The van der Waals surface area contributed by atoms with Crippen LogP contribution < -0.4 is 9.91 Å². The molecule has 1 atom stereocenters. The Kier molecular flexibility index (Phi) is 4.48. The molecule has 0 aliphatic carbocycles. The van der Waals surface area contributed by atoms with E-state index in [0.29, 0.717) is 5.69 Å². The van der Waals surface area contributed by atoms with Gasteiger partial charge in [0.05, 0.1) is 23.1 Å². The van der Waals surface area contributed by atoms with E-state index in [2.05, 4.69) is 12.1 Å². The highest BCUT2D eigenvalue weighted by Gasteiger charge is 2.30. The van der Waals surface area contributed by atoms with E-state index in [0.717, 1.165) is 28.9 Å². The van der Waals surface area contributed by atoms with Gasteiger partial charge in [0.25, 0.3) is 11.8 Å². The fourth-order valence-electron chi connectivity index (χ4n) is 3.89. The number of amides is 2. The second kappa shape index (κ2) is 7.44. The van der Waals surface area contributed by atoms with Crippen LogP contribution >= 0.6 is 0 Å². The number of hydrogen-bond donors (Lipinski definition) is 0. The van der Waals surface area contributed by atoms with Crippen molar-refractivity contribution in [2.75, 3.05) is 9.91 Å². The smallest absolute Gasteiger partial charge is 0.258 e. The fourth-order valence-corrected chi connectivity index (χ4v) is 3.89. The summed E-state index contributed by atoms with van der Waals surface area (Å²) in [4.78, 5) is 25.1. The molecule has 0 spiro atoms. The number of benzene rings is 3. The molecule has 0 radical (unpaired) electrons. The topological polar surface area (TPSA) is 53.0 Å². The van der Waals surface area contributed by atoms with Crippen molar-refractivity contribution in [3.05, 3.63) is 108 Å². The van der Waals surface area contributed by atoms with E-state index >= 15 is 0 Å². The van der Waals surface area contributed by atoms with Gasteiger partial charge in [0.15, 0.2) is 0 Å². The number of hydrogen-bond acceptors (Lipinski definition) is 4. The minimum atomic E-state index is -0.311. The molecule has 1 unspecified atom stereocenters. The molecule has 3 aromatic carbocycles. The second-order valence-corrected chi connectivity index (χ2v) is 7.25. The van der Waals surface area contributed by atoms with Gasteiger partial charge in [0, 0.05) is 18.6 Å². The standard InChI is InChI=1S/C25H19N3O2/c29-24-15-16-25(30)27(24)20-13-11-19(12-14-20)23-17-22(18-7-3-1-4-8-18)26-28(23)21-9-5-2-6-10-21/h1-16,23H,17H2. The maximum Gasteiger partial charge on any atom is 0.258 e. The Morgan fingerprint density at radius 2 is 1.30 bits per heavy atom. The normalized spacial score (nSPS) is 18.3. The van der Waals surface area contributed by atoms with E-state index in [1.165, 1.54) is 17.1 Å². The van der Waals surface area contributed by atoms with Crippen LogP contribution in [0.4, 0.5) is 11.4 Å². The van der Waals surface area contributed by atoms with Gasteiger partial charge in [-0.05, 0) is 35.4 Å². The van der Waals surface area contributed by atoms with Crippen LogP contribution in [0.3, 0.4) is 0 Å². The fraction of sp³-hybridized carbons (Fsp3) is 0.0800. The number of imide groups is 1. The van der Waals surface area contributed by atoms with E-state index in [9.17, 15) is 9.59 Å². The van der Waals surface area contributed by atoms with Crippen molar-refractivity contribution in [3.63, 3.8) is 0 Å². The van der Waals surface area contributed by atoms with Gasteiger partial charge in [0.2, 0.25) is 0 Å². The first-order valence-corrected chi connectivity index (χ1v) is 9.84. The van der Waals surface area contributed by atoms with Gasteiger partial charge < -0.3 is 0 Å². The van der Waals surface area contributed by atoms with Crippen LogP contribution in [0.15, 0.2) is 102 Å². The summed E-state index contributed by atoms with van der Waals surface area (Å²) >= 11 is 0. The average Bonchev–Trinajstić information content (AvgIpc) is 3.39. The minimum absolute atomic E-state index is 0.0276. The highest BCUT2D eigenvalue weighted by molar-refractivity contribution is 6.28. The third-order valence-electron chi connectivity index (χ3n) is 5.38. The Bertz CT molecular complexity index is 1130. The van der Waals surface area contributed by atoms with Gasteiger partial charge in [-0.25, -0.2) is 4.90 Å². The molecule has 0 saturated carbocycles. The number of carbonyl (C=O) groups is 2. The summed E-state index contributed by atoms with van der Waals surface area (Å²) in [5, 5.41) is 6.98. The zero-order chi connectivity index (χ0) is 20.5. The summed E-state index contributed by atoms with van der Waals surface area (Å²) in [7, 11) is 0. The molecule has 2 aliphatic heterocycles. The van der Waals surface area contributed by atoms with Gasteiger partial charge in [-0.1, -0.05) is 60.7 Å². The van der Waals surface area contributed by atoms with Crippen LogP contribution in [0.1, 0.15) is 23.6 Å². The van der Waals surface area contributed by atoms with Crippen molar-refractivity contribution in [1.82, 2.24) is 0 Å². The molecular formula is C25H19N3O2. The zero-order valence-corrected chi connectivity index (χ0v) is 16.2. The molecular weight excluding hydrogens is 374 g/mol. The maximum absolute atomic E-state index is 12.0. The molecule has 2 heterocycles. The highest BCUT2D eigenvalue weighted by atomic mass is 16.2. The summed E-state index contributed by atoms with van der Waals surface area (Å²) in [5.41, 5.74) is 4.81. The molecule has 5 rings (SSSR count). The Balaban J connectivity index is 1.48. The van der Waals surface area contributed by atoms with Gasteiger partial charge in [-0.2, -0.15) is 5.10 Å². The highest BCUT2D eigenvalue weighted by Crippen LogP contribution is 2.37. The van der Waals surface area contributed by atoms with Gasteiger partial charge >= 0.3 is 0 Å². The molecule has 0 saturated heterocycles. The van der Waals surface area contributed by atoms with Crippen molar-refractivity contribution >= 4 is 28.9 Å².